The van der Waals surface area contributed by atoms with Gasteiger partial charge in [0.05, 0.1) is 17.6 Å². The fourth-order valence-corrected chi connectivity index (χ4v) is 3.26. The minimum atomic E-state index is 0.591. The van der Waals surface area contributed by atoms with Gasteiger partial charge in [0.2, 0.25) is 5.78 Å². The first kappa shape index (κ1) is 14.4. The Labute approximate surface area is 141 Å². The molecular formula is C16H13ClN4OS. The van der Waals surface area contributed by atoms with Crippen molar-refractivity contribution in [3.05, 3.63) is 53.6 Å². The van der Waals surface area contributed by atoms with Crippen molar-refractivity contribution in [2.24, 2.45) is 0 Å². The van der Waals surface area contributed by atoms with Gasteiger partial charge in [-0.1, -0.05) is 35.5 Å². The Morgan fingerprint density at radius 2 is 1.96 bits per heavy atom. The number of H-pyrrole nitrogens is 1. The van der Waals surface area contributed by atoms with Crippen LogP contribution in [0.4, 0.5) is 0 Å². The summed E-state index contributed by atoms with van der Waals surface area (Å²) in [5.41, 5.74) is 2.01. The van der Waals surface area contributed by atoms with Crippen LogP contribution < -0.4 is 4.74 Å². The number of imidazole rings is 1. The third kappa shape index (κ3) is 2.87. The molecule has 116 valence electrons. The number of hydrogen-bond donors (Lipinski definition) is 1. The van der Waals surface area contributed by atoms with Gasteiger partial charge in [-0.3, -0.25) is 4.40 Å². The molecular weight excluding hydrogens is 332 g/mol. The fourth-order valence-electron chi connectivity index (χ4n) is 2.36. The number of nitrogens with zero attached hydrogens (tertiary/aromatic N) is 3. The molecule has 5 nitrogen and oxygen atoms in total. The van der Waals surface area contributed by atoms with Crippen LogP contribution in [0.15, 0.2) is 53.7 Å². The Morgan fingerprint density at radius 3 is 2.83 bits per heavy atom. The van der Waals surface area contributed by atoms with Crippen LogP contribution in [-0.4, -0.2) is 31.9 Å². The Kier molecular flexibility index (Phi) is 3.85. The van der Waals surface area contributed by atoms with E-state index in [-0.39, 0.29) is 0 Å². The number of para-hydroxylation sites is 2. The monoisotopic (exact) mass is 344 g/mol. The van der Waals surface area contributed by atoms with E-state index in [9.17, 15) is 0 Å². The second-order valence-corrected chi connectivity index (χ2v) is 6.42. The molecule has 2 aromatic carbocycles. The number of ether oxygens (including phenoxy) is 1. The largest absolute Gasteiger partial charge is 0.493 e. The zero-order valence-corrected chi connectivity index (χ0v) is 13.6. The molecule has 0 saturated heterocycles. The predicted octanol–water partition coefficient (Wildman–Crippen LogP) is 4.04. The summed E-state index contributed by atoms with van der Waals surface area (Å²) in [6.45, 7) is 0.591. The standard InChI is InChI=1S/C16H13ClN4OS/c17-11-5-7-12(8-6-11)22-9-10-23-16-20-19-15-18-13-3-1-2-4-14(13)21(15)16/h1-8H,9-10H2,(H,18,19). The van der Waals surface area contributed by atoms with Gasteiger partial charge in [-0.2, -0.15) is 0 Å². The van der Waals surface area contributed by atoms with Crippen molar-refractivity contribution in [2.75, 3.05) is 12.4 Å². The van der Waals surface area contributed by atoms with Gasteiger partial charge in [0.25, 0.3) is 0 Å². The molecule has 2 heterocycles. The third-order valence-corrected chi connectivity index (χ3v) is 4.56. The fraction of sp³-hybridized carbons (Fsp3) is 0.125. The normalized spacial score (nSPS) is 11.3. The molecule has 1 N–H and O–H groups in total. The van der Waals surface area contributed by atoms with Gasteiger partial charge in [-0.25, -0.2) is 10.1 Å². The van der Waals surface area contributed by atoms with Crippen LogP contribution in [0.3, 0.4) is 0 Å². The van der Waals surface area contributed by atoms with E-state index in [2.05, 4.69) is 15.2 Å². The molecule has 2 aromatic heterocycles. The molecule has 0 fully saturated rings. The number of aromatic nitrogens is 4. The molecule has 0 atom stereocenters. The van der Waals surface area contributed by atoms with Gasteiger partial charge in [-0.15, -0.1) is 5.10 Å². The van der Waals surface area contributed by atoms with Gasteiger partial charge in [-0.05, 0) is 36.4 Å². The minimum Gasteiger partial charge on any atom is -0.493 e. The van der Waals surface area contributed by atoms with Crippen LogP contribution in [0.1, 0.15) is 0 Å². The summed E-state index contributed by atoms with van der Waals surface area (Å²) < 4.78 is 7.73. The number of benzene rings is 2. The van der Waals surface area contributed by atoms with Gasteiger partial charge in [0.15, 0.2) is 5.16 Å². The van der Waals surface area contributed by atoms with E-state index in [0.717, 1.165) is 33.5 Å². The maximum absolute atomic E-state index is 5.85. The van der Waals surface area contributed by atoms with E-state index in [1.54, 1.807) is 11.8 Å². The number of thioether (sulfide) groups is 1. The highest BCUT2D eigenvalue weighted by Crippen LogP contribution is 2.23. The van der Waals surface area contributed by atoms with E-state index in [4.69, 9.17) is 16.3 Å². The molecule has 0 spiro atoms. The minimum absolute atomic E-state index is 0.591. The highest BCUT2D eigenvalue weighted by molar-refractivity contribution is 7.99. The maximum atomic E-state index is 5.85. The molecule has 0 amide bonds. The lowest BCUT2D eigenvalue weighted by molar-refractivity contribution is 0.344. The predicted molar refractivity (Wildman–Crippen MR) is 92.5 cm³/mol. The molecule has 0 aliphatic rings. The Bertz CT molecular complexity index is 948. The smallest absolute Gasteiger partial charge is 0.231 e. The van der Waals surface area contributed by atoms with Crippen LogP contribution >= 0.6 is 23.4 Å². The number of rotatable bonds is 5. The quantitative estimate of drug-likeness (QED) is 0.438. The molecule has 4 rings (SSSR count). The molecule has 0 unspecified atom stereocenters. The molecule has 0 saturated carbocycles. The molecule has 0 aliphatic heterocycles. The molecule has 4 aromatic rings. The lowest BCUT2D eigenvalue weighted by Crippen LogP contribution is -2.00. The summed E-state index contributed by atoms with van der Waals surface area (Å²) in [4.78, 5) is 4.51. The number of aromatic amines is 1. The Morgan fingerprint density at radius 1 is 1.13 bits per heavy atom. The number of nitrogens with one attached hydrogen (secondary N) is 1. The van der Waals surface area contributed by atoms with E-state index < -0.39 is 0 Å². The van der Waals surface area contributed by atoms with Crippen LogP contribution in [-0.2, 0) is 0 Å². The zero-order valence-electron chi connectivity index (χ0n) is 12.1. The van der Waals surface area contributed by atoms with E-state index in [1.807, 2.05) is 52.9 Å². The van der Waals surface area contributed by atoms with E-state index in [1.165, 1.54) is 0 Å². The summed E-state index contributed by atoms with van der Waals surface area (Å²) in [5.74, 6) is 2.36. The lowest BCUT2D eigenvalue weighted by Gasteiger charge is -2.05. The average Bonchev–Trinajstić information content (AvgIpc) is 3.13. The Balaban J connectivity index is 1.45. The van der Waals surface area contributed by atoms with Gasteiger partial charge in [0.1, 0.15) is 5.75 Å². The summed E-state index contributed by atoms with van der Waals surface area (Å²) >= 11 is 7.48. The van der Waals surface area contributed by atoms with Crippen molar-refractivity contribution in [1.29, 1.82) is 0 Å². The second-order valence-electron chi connectivity index (χ2n) is 4.92. The van der Waals surface area contributed by atoms with Crippen molar-refractivity contribution in [3.63, 3.8) is 0 Å². The topological polar surface area (TPSA) is 55.2 Å². The summed E-state index contributed by atoms with van der Waals surface area (Å²) in [6, 6.07) is 15.4. The van der Waals surface area contributed by atoms with E-state index >= 15 is 0 Å². The van der Waals surface area contributed by atoms with Crippen molar-refractivity contribution in [1.82, 2.24) is 19.6 Å². The van der Waals surface area contributed by atoms with Crippen LogP contribution in [0.25, 0.3) is 16.8 Å². The third-order valence-electron chi connectivity index (χ3n) is 3.40. The van der Waals surface area contributed by atoms with Crippen molar-refractivity contribution in [2.45, 2.75) is 5.16 Å². The van der Waals surface area contributed by atoms with Crippen LogP contribution in [0.2, 0.25) is 5.02 Å². The van der Waals surface area contributed by atoms with Gasteiger partial charge < -0.3 is 4.74 Å². The van der Waals surface area contributed by atoms with E-state index in [0.29, 0.717) is 11.6 Å². The van der Waals surface area contributed by atoms with Crippen molar-refractivity contribution in [3.8, 4) is 5.75 Å². The SMILES string of the molecule is Clc1ccc(OCCSc2n[nH]c3nc4ccccc4n23)cc1. The summed E-state index contributed by atoms with van der Waals surface area (Å²) in [6.07, 6.45) is 0. The van der Waals surface area contributed by atoms with Crippen LogP contribution in [0.5, 0.6) is 5.75 Å². The zero-order chi connectivity index (χ0) is 15.6. The average molecular weight is 345 g/mol. The molecule has 0 radical (unpaired) electrons. The first-order chi connectivity index (χ1) is 11.3. The first-order valence-corrected chi connectivity index (χ1v) is 8.50. The highest BCUT2D eigenvalue weighted by Gasteiger charge is 2.11. The first-order valence-electron chi connectivity index (χ1n) is 7.14. The number of hydrogen-bond acceptors (Lipinski definition) is 4. The maximum Gasteiger partial charge on any atom is 0.231 e. The number of fused-ring (bicyclic) bond motifs is 3. The summed E-state index contributed by atoms with van der Waals surface area (Å²) in [5, 5.41) is 8.88. The second kappa shape index (κ2) is 6.14. The Hall–Kier alpha value is -2.18. The molecule has 23 heavy (non-hydrogen) atoms. The van der Waals surface area contributed by atoms with Crippen LogP contribution in [0, 0.1) is 0 Å². The molecule has 0 bridgehead atoms. The molecule has 7 heteroatoms. The van der Waals surface area contributed by atoms with Gasteiger partial charge >= 0.3 is 0 Å². The van der Waals surface area contributed by atoms with Crippen molar-refractivity contribution >= 4 is 40.2 Å². The molecule has 0 aliphatic carbocycles. The lowest BCUT2D eigenvalue weighted by atomic mass is 10.3. The van der Waals surface area contributed by atoms with Crippen molar-refractivity contribution < 1.29 is 4.74 Å². The summed E-state index contributed by atoms with van der Waals surface area (Å²) in [7, 11) is 0. The highest BCUT2D eigenvalue weighted by atomic mass is 35.5. The van der Waals surface area contributed by atoms with Gasteiger partial charge in [0, 0.05) is 10.8 Å². The number of halogens is 1.